The largest absolute Gasteiger partial charge is 0.494 e. The minimum absolute atomic E-state index is 0.0969. The second-order valence-electron chi connectivity index (χ2n) is 3.56. The molecule has 14 heavy (non-hydrogen) atoms. The van der Waals surface area contributed by atoms with E-state index in [-0.39, 0.29) is 6.04 Å². The van der Waals surface area contributed by atoms with E-state index < -0.39 is 0 Å². The van der Waals surface area contributed by atoms with E-state index in [4.69, 9.17) is 10.5 Å². The quantitative estimate of drug-likeness (QED) is 0.730. The third kappa shape index (κ3) is 3.38. The zero-order valence-corrected chi connectivity index (χ0v) is 8.99. The first-order valence-electron chi connectivity index (χ1n) is 5.22. The van der Waals surface area contributed by atoms with E-state index in [0.29, 0.717) is 0 Å². The molecule has 2 heteroatoms. The van der Waals surface area contributed by atoms with Gasteiger partial charge in [-0.25, -0.2) is 0 Å². The maximum Gasteiger partial charge on any atom is 0.119 e. The normalized spacial score (nSPS) is 12.5. The summed E-state index contributed by atoms with van der Waals surface area (Å²) in [6, 6.07) is 8.10. The van der Waals surface area contributed by atoms with Gasteiger partial charge in [0.15, 0.2) is 0 Å². The van der Waals surface area contributed by atoms with Crippen molar-refractivity contribution in [1.82, 2.24) is 0 Å². The van der Waals surface area contributed by atoms with Gasteiger partial charge < -0.3 is 10.5 Å². The highest BCUT2D eigenvalue weighted by molar-refractivity contribution is 5.28. The van der Waals surface area contributed by atoms with E-state index >= 15 is 0 Å². The highest BCUT2D eigenvalue weighted by Crippen LogP contribution is 2.16. The van der Waals surface area contributed by atoms with Gasteiger partial charge in [0.25, 0.3) is 0 Å². The van der Waals surface area contributed by atoms with Crippen LogP contribution in [0.1, 0.15) is 38.3 Å². The van der Waals surface area contributed by atoms with E-state index in [1.807, 2.05) is 31.2 Å². The van der Waals surface area contributed by atoms with Crippen molar-refractivity contribution in [3.05, 3.63) is 29.8 Å². The van der Waals surface area contributed by atoms with Crippen molar-refractivity contribution in [3.63, 3.8) is 0 Å². The smallest absolute Gasteiger partial charge is 0.119 e. The minimum atomic E-state index is 0.0969. The molecule has 0 aliphatic rings. The van der Waals surface area contributed by atoms with Crippen LogP contribution in [0.2, 0.25) is 0 Å². The number of nitrogens with two attached hydrogens (primary N) is 1. The molecule has 0 amide bonds. The molecular formula is C12H19NO. The molecular weight excluding hydrogens is 174 g/mol. The lowest BCUT2D eigenvalue weighted by molar-refractivity contribution is 0.309. The number of hydrogen-bond donors (Lipinski definition) is 1. The highest BCUT2D eigenvalue weighted by atomic mass is 16.5. The fourth-order valence-electron chi connectivity index (χ4n) is 1.20. The van der Waals surface area contributed by atoms with Gasteiger partial charge in [-0.05, 0) is 31.0 Å². The molecule has 0 saturated heterocycles. The maximum atomic E-state index is 5.74. The first kappa shape index (κ1) is 11.1. The lowest BCUT2D eigenvalue weighted by atomic mass is 10.1. The average molecular weight is 193 g/mol. The first-order valence-corrected chi connectivity index (χ1v) is 5.22. The van der Waals surface area contributed by atoms with Crippen molar-refractivity contribution >= 4 is 0 Å². The summed E-state index contributed by atoms with van der Waals surface area (Å²) in [5.74, 6) is 0.933. The fourth-order valence-corrected chi connectivity index (χ4v) is 1.20. The molecule has 78 valence electrons. The van der Waals surface area contributed by atoms with Crippen molar-refractivity contribution in [2.75, 3.05) is 6.61 Å². The Labute approximate surface area is 86.1 Å². The maximum absolute atomic E-state index is 5.74. The molecule has 1 atom stereocenters. The second kappa shape index (κ2) is 5.66. The first-order chi connectivity index (χ1) is 6.74. The van der Waals surface area contributed by atoms with Crippen LogP contribution in [0.15, 0.2) is 24.3 Å². The van der Waals surface area contributed by atoms with Crippen LogP contribution in [0.25, 0.3) is 0 Å². The number of ether oxygens (including phenoxy) is 1. The van der Waals surface area contributed by atoms with Crippen LogP contribution in [0.3, 0.4) is 0 Å². The van der Waals surface area contributed by atoms with Crippen LogP contribution >= 0.6 is 0 Å². The Morgan fingerprint density at radius 3 is 2.43 bits per heavy atom. The van der Waals surface area contributed by atoms with E-state index in [0.717, 1.165) is 30.8 Å². The Bertz CT molecular complexity index is 254. The molecule has 0 aliphatic carbocycles. The van der Waals surface area contributed by atoms with Gasteiger partial charge in [-0.2, -0.15) is 0 Å². The van der Waals surface area contributed by atoms with Crippen molar-refractivity contribution in [2.24, 2.45) is 5.73 Å². The summed E-state index contributed by atoms with van der Waals surface area (Å²) in [6.07, 6.45) is 2.27. The SMILES string of the molecule is CCCCOc1ccc([C@@H](C)N)cc1. The van der Waals surface area contributed by atoms with E-state index in [1.165, 1.54) is 0 Å². The van der Waals surface area contributed by atoms with Gasteiger partial charge in [-0.1, -0.05) is 25.5 Å². The summed E-state index contributed by atoms with van der Waals surface area (Å²) >= 11 is 0. The molecule has 2 nitrogen and oxygen atoms in total. The zero-order chi connectivity index (χ0) is 10.4. The topological polar surface area (TPSA) is 35.2 Å². The van der Waals surface area contributed by atoms with Gasteiger partial charge in [0.05, 0.1) is 6.61 Å². The average Bonchev–Trinajstić information content (AvgIpc) is 2.19. The van der Waals surface area contributed by atoms with Crippen molar-refractivity contribution in [2.45, 2.75) is 32.7 Å². The van der Waals surface area contributed by atoms with Crippen LogP contribution < -0.4 is 10.5 Å². The molecule has 1 aromatic carbocycles. The molecule has 1 aromatic rings. The molecule has 0 radical (unpaired) electrons. The van der Waals surface area contributed by atoms with Gasteiger partial charge in [-0.3, -0.25) is 0 Å². The monoisotopic (exact) mass is 193 g/mol. The summed E-state index contributed by atoms with van der Waals surface area (Å²) in [5.41, 5.74) is 6.89. The predicted octanol–water partition coefficient (Wildman–Crippen LogP) is 2.89. The van der Waals surface area contributed by atoms with Crippen LogP contribution in [-0.2, 0) is 0 Å². The van der Waals surface area contributed by atoms with E-state index in [1.54, 1.807) is 0 Å². The number of rotatable bonds is 5. The summed E-state index contributed by atoms with van der Waals surface area (Å²) < 4.78 is 5.54. The highest BCUT2D eigenvalue weighted by Gasteiger charge is 1.98. The van der Waals surface area contributed by atoms with Gasteiger partial charge in [0.2, 0.25) is 0 Å². The Morgan fingerprint density at radius 2 is 1.93 bits per heavy atom. The lowest BCUT2D eigenvalue weighted by Gasteiger charge is -2.08. The molecule has 0 fully saturated rings. The fraction of sp³-hybridized carbons (Fsp3) is 0.500. The molecule has 0 heterocycles. The third-order valence-electron chi connectivity index (χ3n) is 2.17. The molecule has 1 rings (SSSR count). The van der Waals surface area contributed by atoms with Crippen LogP contribution in [0, 0.1) is 0 Å². The number of hydrogen-bond acceptors (Lipinski definition) is 2. The van der Waals surface area contributed by atoms with Crippen LogP contribution in [0.4, 0.5) is 0 Å². The lowest BCUT2D eigenvalue weighted by Crippen LogP contribution is -2.04. The predicted molar refractivity (Wildman–Crippen MR) is 59.4 cm³/mol. The molecule has 0 aromatic heterocycles. The standard InChI is InChI=1S/C12H19NO/c1-3-4-9-14-12-7-5-11(6-8-12)10(2)13/h5-8,10H,3-4,9,13H2,1-2H3/t10-/m1/s1. The van der Waals surface area contributed by atoms with Crippen LogP contribution in [0.5, 0.6) is 5.75 Å². The summed E-state index contributed by atoms with van der Waals surface area (Å²) in [6.45, 7) is 4.93. The van der Waals surface area contributed by atoms with Crippen molar-refractivity contribution < 1.29 is 4.74 Å². The third-order valence-corrected chi connectivity index (χ3v) is 2.17. The van der Waals surface area contributed by atoms with Crippen molar-refractivity contribution in [3.8, 4) is 5.75 Å². The summed E-state index contributed by atoms with van der Waals surface area (Å²) in [7, 11) is 0. The molecule has 0 spiro atoms. The molecule has 2 N–H and O–H groups in total. The van der Waals surface area contributed by atoms with Gasteiger partial charge >= 0.3 is 0 Å². The molecule has 0 bridgehead atoms. The van der Waals surface area contributed by atoms with Gasteiger partial charge in [0.1, 0.15) is 5.75 Å². The summed E-state index contributed by atoms with van der Waals surface area (Å²) in [5, 5.41) is 0. The molecule has 0 aliphatic heterocycles. The Morgan fingerprint density at radius 1 is 1.29 bits per heavy atom. The van der Waals surface area contributed by atoms with Gasteiger partial charge in [0, 0.05) is 6.04 Å². The minimum Gasteiger partial charge on any atom is -0.494 e. The van der Waals surface area contributed by atoms with Gasteiger partial charge in [-0.15, -0.1) is 0 Å². The molecule has 0 saturated carbocycles. The number of benzene rings is 1. The second-order valence-corrected chi connectivity index (χ2v) is 3.56. The van der Waals surface area contributed by atoms with Crippen molar-refractivity contribution in [1.29, 1.82) is 0 Å². The Hall–Kier alpha value is -1.02. The Balaban J connectivity index is 2.47. The van der Waals surface area contributed by atoms with E-state index in [9.17, 15) is 0 Å². The van der Waals surface area contributed by atoms with E-state index in [2.05, 4.69) is 6.92 Å². The van der Waals surface area contributed by atoms with Crippen LogP contribution in [-0.4, -0.2) is 6.61 Å². The molecule has 0 unspecified atom stereocenters. The Kier molecular flexibility index (Phi) is 4.47. The number of unbranched alkanes of at least 4 members (excludes halogenated alkanes) is 1. The summed E-state index contributed by atoms with van der Waals surface area (Å²) in [4.78, 5) is 0. The zero-order valence-electron chi connectivity index (χ0n) is 8.99.